The van der Waals surface area contributed by atoms with Crippen LogP contribution >= 0.6 is 0 Å². The molecule has 1 fully saturated rings. The lowest BCUT2D eigenvalue weighted by atomic mass is 9.64. The number of hydrogen-bond donors (Lipinski definition) is 1. The first-order valence-electron chi connectivity index (χ1n) is 6.66. The van der Waals surface area contributed by atoms with Crippen LogP contribution in [0.25, 0.3) is 0 Å². The van der Waals surface area contributed by atoms with E-state index >= 15 is 0 Å². The van der Waals surface area contributed by atoms with E-state index in [2.05, 4.69) is 32.7 Å². The molecule has 0 aromatic carbocycles. The standard InChI is InChI=1S/C14H27NO2/c1-5-7-9-16-10-8-15-12-11-13(17-6-2)14(12,3)4/h5,12-13,15H,1,6-11H2,2-4H3. The minimum Gasteiger partial charge on any atom is -0.380 e. The maximum atomic E-state index is 5.70. The Labute approximate surface area is 106 Å². The summed E-state index contributed by atoms with van der Waals surface area (Å²) in [5.74, 6) is 0. The van der Waals surface area contributed by atoms with Gasteiger partial charge in [0.15, 0.2) is 0 Å². The van der Waals surface area contributed by atoms with Crippen molar-refractivity contribution in [1.82, 2.24) is 5.32 Å². The molecular weight excluding hydrogens is 214 g/mol. The Morgan fingerprint density at radius 1 is 1.41 bits per heavy atom. The molecule has 1 saturated carbocycles. The molecule has 3 nitrogen and oxygen atoms in total. The lowest BCUT2D eigenvalue weighted by Crippen LogP contribution is -2.61. The first kappa shape index (κ1) is 14.7. The maximum Gasteiger partial charge on any atom is 0.0655 e. The van der Waals surface area contributed by atoms with Gasteiger partial charge in [0.2, 0.25) is 0 Å². The predicted octanol–water partition coefficient (Wildman–Crippen LogP) is 2.37. The van der Waals surface area contributed by atoms with Gasteiger partial charge in [-0.05, 0) is 19.8 Å². The van der Waals surface area contributed by atoms with Crippen molar-refractivity contribution in [1.29, 1.82) is 0 Å². The van der Waals surface area contributed by atoms with Crippen LogP contribution in [0.4, 0.5) is 0 Å². The van der Waals surface area contributed by atoms with Crippen molar-refractivity contribution in [3.05, 3.63) is 12.7 Å². The van der Waals surface area contributed by atoms with Crippen molar-refractivity contribution >= 4 is 0 Å². The van der Waals surface area contributed by atoms with E-state index in [4.69, 9.17) is 9.47 Å². The second-order valence-electron chi connectivity index (χ2n) is 5.20. The molecule has 0 bridgehead atoms. The number of nitrogens with one attached hydrogen (secondary N) is 1. The van der Waals surface area contributed by atoms with Crippen LogP contribution in [0.1, 0.15) is 33.6 Å². The van der Waals surface area contributed by atoms with Gasteiger partial charge < -0.3 is 14.8 Å². The summed E-state index contributed by atoms with van der Waals surface area (Å²) in [6.07, 6.45) is 4.34. The smallest absolute Gasteiger partial charge is 0.0655 e. The molecule has 3 heteroatoms. The fourth-order valence-electron chi connectivity index (χ4n) is 2.29. The van der Waals surface area contributed by atoms with E-state index in [0.29, 0.717) is 12.1 Å². The summed E-state index contributed by atoms with van der Waals surface area (Å²) in [5, 5.41) is 3.54. The Morgan fingerprint density at radius 3 is 2.76 bits per heavy atom. The largest absolute Gasteiger partial charge is 0.380 e. The first-order chi connectivity index (χ1) is 8.12. The number of hydrogen-bond acceptors (Lipinski definition) is 3. The molecular formula is C14H27NO2. The minimum absolute atomic E-state index is 0.247. The summed E-state index contributed by atoms with van der Waals surface area (Å²) in [4.78, 5) is 0. The van der Waals surface area contributed by atoms with Crippen LogP contribution in [0.15, 0.2) is 12.7 Å². The molecule has 100 valence electrons. The first-order valence-corrected chi connectivity index (χ1v) is 6.66. The average molecular weight is 241 g/mol. The predicted molar refractivity (Wildman–Crippen MR) is 71.2 cm³/mol. The van der Waals surface area contributed by atoms with E-state index in [-0.39, 0.29) is 5.41 Å². The molecule has 1 rings (SSSR count). The number of rotatable bonds is 9. The van der Waals surface area contributed by atoms with Gasteiger partial charge in [-0.25, -0.2) is 0 Å². The Bertz CT molecular complexity index is 228. The second kappa shape index (κ2) is 7.14. The molecule has 0 heterocycles. The van der Waals surface area contributed by atoms with Gasteiger partial charge in [0.05, 0.1) is 19.3 Å². The molecule has 0 saturated heterocycles. The summed E-state index contributed by atoms with van der Waals surface area (Å²) in [6, 6.07) is 0.557. The van der Waals surface area contributed by atoms with Crippen LogP contribution in [0.2, 0.25) is 0 Å². The van der Waals surface area contributed by atoms with Crippen molar-refractivity contribution in [2.75, 3.05) is 26.4 Å². The van der Waals surface area contributed by atoms with E-state index < -0.39 is 0 Å². The number of ether oxygens (including phenoxy) is 2. The van der Waals surface area contributed by atoms with E-state index in [1.54, 1.807) is 0 Å². The fraction of sp³-hybridized carbons (Fsp3) is 0.857. The lowest BCUT2D eigenvalue weighted by molar-refractivity contribution is -0.114. The Morgan fingerprint density at radius 2 is 2.18 bits per heavy atom. The van der Waals surface area contributed by atoms with Gasteiger partial charge in [0, 0.05) is 24.6 Å². The van der Waals surface area contributed by atoms with Gasteiger partial charge in [0.1, 0.15) is 0 Å². The quantitative estimate of drug-likeness (QED) is 0.496. The molecule has 1 N–H and O–H groups in total. The van der Waals surface area contributed by atoms with Gasteiger partial charge in [-0.1, -0.05) is 19.9 Å². The van der Waals surface area contributed by atoms with Crippen LogP contribution < -0.4 is 5.32 Å². The Balaban J connectivity index is 2.07. The van der Waals surface area contributed by atoms with Crippen molar-refractivity contribution in [3.63, 3.8) is 0 Å². The SMILES string of the molecule is C=CCCOCCNC1CC(OCC)C1(C)C. The van der Waals surface area contributed by atoms with E-state index in [0.717, 1.165) is 39.2 Å². The normalized spacial score (nSPS) is 26.5. The van der Waals surface area contributed by atoms with Crippen molar-refractivity contribution < 1.29 is 9.47 Å². The molecule has 0 aromatic rings. The van der Waals surface area contributed by atoms with Gasteiger partial charge in [-0.2, -0.15) is 0 Å². The highest BCUT2D eigenvalue weighted by Crippen LogP contribution is 2.42. The highest BCUT2D eigenvalue weighted by molar-refractivity contribution is 5.02. The molecule has 0 aromatic heterocycles. The van der Waals surface area contributed by atoms with Crippen molar-refractivity contribution in [2.24, 2.45) is 5.41 Å². The zero-order valence-corrected chi connectivity index (χ0v) is 11.5. The summed E-state index contributed by atoms with van der Waals surface area (Å²) >= 11 is 0. The van der Waals surface area contributed by atoms with Gasteiger partial charge in [0.25, 0.3) is 0 Å². The van der Waals surface area contributed by atoms with Gasteiger partial charge in [-0.3, -0.25) is 0 Å². The Kier molecular flexibility index (Phi) is 6.17. The van der Waals surface area contributed by atoms with E-state index in [9.17, 15) is 0 Å². The molecule has 2 unspecified atom stereocenters. The van der Waals surface area contributed by atoms with E-state index in [1.807, 2.05) is 6.08 Å². The molecule has 0 radical (unpaired) electrons. The summed E-state index contributed by atoms with van der Waals surface area (Å²) < 4.78 is 11.2. The Hall–Kier alpha value is -0.380. The topological polar surface area (TPSA) is 30.5 Å². The highest BCUT2D eigenvalue weighted by atomic mass is 16.5. The second-order valence-corrected chi connectivity index (χ2v) is 5.20. The molecule has 2 atom stereocenters. The van der Waals surface area contributed by atoms with Crippen LogP contribution in [0.3, 0.4) is 0 Å². The monoisotopic (exact) mass is 241 g/mol. The molecule has 1 aliphatic rings. The third-order valence-corrected chi connectivity index (χ3v) is 3.65. The van der Waals surface area contributed by atoms with Crippen molar-refractivity contribution in [2.45, 2.75) is 45.8 Å². The van der Waals surface area contributed by atoms with Crippen LogP contribution in [0, 0.1) is 5.41 Å². The van der Waals surface area contributed by atoms with Crippen LogP contribution in [-0.4, -0.2) is 38.5 Å². The fourth-order valence-corrected chi connectivity index (χ4v) is 2.29. The molecule has 0 amide bonds. The third-order valence-electron chi connectivity index (χ3n) is 3.65. The minimum atomic E-state index is 0.247. The zero-order valence-electron chi connectivity index (χ0n) is 11.5. The summed E-state index contributed by atoms with van der Waals surface area (Å²) in [7, 11) is 0. The highest BCUT2D eigenvalue weighted by Gasteiger charge is 2.48. The molecule has 17 heavy (non-hydrogen) atoms. The van der Waals surface area contributed by atoms with Crippen molar-refractivity contribution in [3.8, 4) is 0 Å². The molecule has 0 spiro atoms. The van der Waals surface area contributed by atoms with E-state index in [1.165, 1.54) is 0 Å². The van der Waals surface area contributed by atoms with Gasteiger partial charge >= 0.3 is 0 Å². The third kappa shape index (κ3) is 4.09. The van der Waals surface area contributed by atoms with Crippen LogP contribution in [0.5, 0.6) is 0 Å². The molecule has 0 aliphatic heterocycles. The molecule has 1 aliphatic carbocycles. The summed E-state index contributed by atoms with van der Waals surface area (Å²) in [5.41, 5.74) is 0.247. The maximum absolute atomic E-state index is 5.70. The van der Waals surface area contributed by atoms with Crippen LogP contribution in [-0.2, 0) is 9.47 Å². The lowest BCUT2D eigenvalue weighted by Gasteiger charge is -2.52. The average Bonchev–Trinajstić information content (AvgIpc) is 2.31. The summed E-state index contributed by atoms with van der Waals surface area (Å²) in [6.45, 7) is 13.6. The van der Waals surface area contributed by atoms with Gasteiger partial charge in [-0.15, -0.1) is 6.58 Å². The zero-order chi connectivity index (χ0) is 12.7.